The molecule has 0 fully saturated rings. The highest BCUT2D eigenvalue weighted by Gasteiger charge is 2.20. The summed E-state index contributed by atoms with van der Waals surface area (Å²) in [5.74, 6) is 0.659. The molecule has 1 aromatic carbocycles. The van der Waals surface area contributed by atoms with Gasteiger partial charge in [-0.25, -0.2) is 17.9 Å². The first-order valence-corrected chi connectivity index (χ1v) is 10.9. The zero-order valence-electron chi connectivity index (χ0n) is 16.5. The van der Waals surface area contributed by atoms with E-state index in [-0.39, 0.29) is 11.4 Å². The van der Waals surface area contributed by atoms with Gasteiger partial charge < -0.3 is 15.2 Å². The molecule has 0 aliphatic rings. The number of nitrogens with one attached hydrogen (secondary N) is 2. The van der Waals surface area contributed by atoms with E-state index in [1.807, 2.05) is 0 Å². The van der Waals surface area contributed by atoms with Gasteiger partial charge >= 0.3 is 6.09 Å². The van der Waals surface area contributed by atoms with Crippen molar-refractivity contribution >= 4 is 16.1 Å². The average Bonchev–Trinajstić information content (AvgIpc) is 2.58. The normalized spacial score (nSPS) is 12.0. The molecule has 0 saturated carbocycles. The van der Waals surface area contributed by atoms with Gasteiger partial charge in [-0.1, -0.05) is 26.2 Å². The number of hydrogen-bond acceptors (Lipinski definition) is 4. The van der Waals surface area contributed by atoms with Crippen LogP contribution in [0.2, 0.25) is 0 Å². The Kier molecular flexibility index (Phi) is 9.59. The van der Waals surface area contributed by atoms with Gasteiger partial charge in [0.1, 0.15) is 5.75 Å². The molecule has 0 saturated heterocycles. The summed E-state index contributed by atoms with van der Waals surface area (Å²) in [6, 6.07) is 6.38. The number of rotatable bonds is 13. The molecule has 27 heavy (non-hydrogen) atoms. The Bertz CT molecular complexity index is 672. The highest BCUT2D eigenvalue weighted by Crippen LogP contribution is 2.17. The average molecular weight is 401 g/mol. The van der Waals surface area contributed by atoms with Gasteiger partial charge in [0.15, 0.2) is 0 Å². The van der Waals surface area contributed by atoms with E-state index in [0.717, 1.165) is 12.8 Å². The van der Waals surface area contributed by atoms with E-state index in [2.05, 4.69) is 17.0 Å². The van der Waals surface area contributed by atoms with Gasteiger partial charge in [-0.05, 0) is 57.4 Å². The lowest BCUT2D eigenvalue weighted by Gasteiger charge is -2.24. The van der Waals surface area contributed by atoms with E-state index < -0.39 is 21.7 Å². The smallest absolute Gasteiger partial charge is 0.405 e. The van der Waals surface area contributed by atoms with Crippen LogP contribution < -0.4 is 14.8 Å². The van der Waals surface area contributed by atoms with Crippen molar-refractivity contribution in [2.45, 2.75) is 69.7 Å². The third-order valence-electron chi connectivity index (χ3n) is 4.12. The summed E-state index contributed by atoms with van der Waals surface area (Å²) in [5, 5.41) is 11.2. The van der Waals surface area contributed by atoms with Gasteiger partial charge in [-0.2, -0.15) is 0 Å². The maximum atomic E-state index is 12.3. The molecule has 0 unspecified atom stereocenters. The van der Waals surface area contributed by atoms with Crippen molar-refractivity contribution in [1.29, 1.82) is 0 Å². The van der Waals surface area contributed by atoms with Gasteiger partial charge in [-0.3, -0.25) is 0 Å². The monoisotopic (exact) mass is 400 g/mol. The molecule has 0 radical (unpaired) electrons. The largest absolute Gasteiger partial charge is 0.494 e. The molecule has 7 nitrogen and oxygen atoms in total. The highest BCUT2D eigenvalue weighted by molar-refractivity contribution is 7.89. The minimum absolute atomic E-state index is 0.184. The minimum Gasteiger partial charge on any atom is -0.494 e. The Morgan fingerprint density at radius 1 is 1.11 bits per heavy atom. The zero-order chi connectivity index (χ0) is 20.3. The Balaban J connectivity index is 2.43. The van der Waals surface area contributed by atoms with Crippen molar-refractivity contribution in [2.75, 3.05) is 13.2 Å². The molecule has 154 valence electrons. The van der Waals surface area contributed by atoms with Crippen LogP contribution in [0.15, 0.2) is 29.2 Å². The maximum Gasteiger partial charge on any atom is 0.405 e. The lowest BCUT2D eigenvalue weighted by Crippen LogP contribution is -2.43. The molecule has 8 heteroatoms. The van der Waals surface area contributed by atoms with Crippen LogP contribution in [0, 0.1) is 0 Å². The van der Waals surface area contributed by atoms with E-state index in [0.29, 0.717) is 25.2 Å². The second kappa shape index (κ2) is 11.1. The molecule has 3 N–H and O–H groups in total. The summed E-state index contributed by atoms with van der Waals surface area (Å²) < 4.78 is 32.8. The number of benzene rings is 1. The first kappa shape index (κ1) is 23.2. The van der Waals surface area contributed by atoms with E-state index in [9.17, 15) is 13.2 Å². The Morgan fingerprint density at radius 3 is 2.37 bits per heavy atom. The van der Waals surface area contributed by atoms with Crippen LogP contribution in [0.25, 0.3) is 0 Å². The van der Waals surface area contributed by atoms with Gasteiger partial charge in [0.05, 0.1) is 11.5 Å². The number of ether oxygens (including phenoxy) is 1. The van der Waals surface area contributed by atoms with Crippen molar-refractivity contribution < 1.29 is 23.1 Å². The van der Waals surface area contributed by atoms with Gasteiger partial charge in [0.2, 0.25) is 10.0 Å². The maximum absolute atomic E-state index is 12.3. The molecule has 0 spiro atoms. The number of carbonyl (C=O) groups is 1. The van der Waals surface area contributed by atoms with E-state index in [1.54, 1.807) is 26.0 Å². The van der Waals surface area contributed by atoms with Crippen LogP contribution >= 0.6 is 0 Å². The third-order valence-corrected chi connectivity index (χ3v) is 5.59. The highest BCUT2D eigenvalue weighted by atomic mass is 32.2. The predicted octanol–water partition coefficient (Wildman–Crippen LogP) is 3.75. The second-order valence-electron chi connectivity index (χ2n) is 7.20. The van der Waals surface area contributed by atoms with Gasteiger partial charge in [0.25, 0.3) is 0 Å². The molecule has 0 atom stereocenters. The van der Waals surface area contributed by atoms with Crippen LogP contribution in [0.3, 0.4) is 0 Å². The first-order valence-electron chi connectivity index (χ1n) is 9.40. The fourth-order valence-corrected chi connectivity index (χ4v) is 3.68. The minimum atomic E-state index is -3.59. The molecular weight excluding hydrogens is 368 g/mol. The van der Waals surface area contributed by atoms with Crippen molar-refractivity contribution in [2.24, 2.45) is 0 Å². The quantitative estimate of drug-likeness (QED) is 0.437. The molecule has 0 aromatic heterocycles. The number of hydrogen-bond donors (Lipinski definition) is 3. The molecule has 1 aromatic rings. The van der Waals surface area contributed by atoms with Crippen LogP contribution in [0.5, 0.6) is 5.75 Å². The summed E-state index contributed by atoms with van der Waals surface area (Å²) >= 11 is 0. The zero-order valence-corrected chi connectivity index (χ0v) is 17.3. The summed E-state index contributed by atoms with van der Waals surface area (Å²) in [7, 11) is -3.59. The van der Waals surface area contributed by atoms with Crippen molar-refractivity contribution in [1.82, 2.24) is 10.0 Å². The SMILES string of the molecule is CCCCCCOc1ccc(S(=O)(=O)NCCCC(C)(C)NC(=O)O)cc1. The number of carboxylic acid groups (broad SMARTS) is 1. The molecule has 1 amide bonds. The van der Waals surface area contributed by atoms with Crippen molar-refractivity contribution in [3.05, 3.63) is 24.3 Å². The molecule has 0 heterocycles. The molecular formula is C19H32N2O5S. The Hall–Kier alpha value is -1.80. The van der Waals surface area contributed by atoms with E-state index >= 15 is 0 Å². The van der Waals surface area contributed by atoms with Crippen molar-refractivity contribution in [3.63, 3.8) is 0 Å². The number of unbranched alkanes of at least 4 members (excludes halogenated alkanes) is 3. The first-order chi connectivity index (χ1) is 12.7. The molecule has 0 bridgehead atoms. The summed E-state index contributed by atoms with van der Waals surface area (Å²) in [5.41, 5.74) is -0.604. The van der Waals surface area contributed by atoms with Crippen molar-refractivity contribution in [3.8, 4) is 5.75 Å². The van der Waals surface area contributed by atoms with Crippen LogP contribution in [-0.4, -0.2) is 38.3 Å². The molecule has 0 aliphatic carbocycles. The van der Waals surface area contributed by atoms with E-state index in [1.165, 1.54) is 25.0 Å². The summed E-state index contributed by atoms with van der Waals surface area (Å²) in [6.45, 7) is 6.54. The summed E-state index contributed by atoms with van der Waals surface area (Å²) in [4.78, 5) is 10.9. The summed E-state index contributed by atoms with van der Waals surface area (Å²) in [6.07, 6.45) is 4.43. The standard InChI is InChI=1S/C19H32N2O5S/c1-4-5-6-7-15-26-16-9-11-17(12-10-16)27(24,25)20-14-8-13-19(2,3)21-18(22)23/h9-12,20-21H,4-8,13-15H2,1-3H3,(H,22,23). The Morgan fingerprint density at radius 2 is 1.78 bits per heavy atom. The van der Waals surface area contributed by atoms with Crippen LogP contribution in [0.4, 0.5) is 4.79 Å². The molecule has 0 aliphatic heterocycles. The third kappa shape index (κ3) is 9.63. The lowest BCUT2D eigenvalue weighted by atomic mass is 9.99. The molecule has 1 rings (SSSR count). The predicted molar refractivity (Wildman–Crippen MR) is 106 cm³/mol. The van der Waals surface area contributed by atoms with Gasteiger partial charge in [-0.15, -0.1) is 0 Å². The topological polar surface area (TPSA) is 105 Å². The second-order valence-corrected chi connectivity index (χ2v) is 8.96. The van der Waals surface area contributed by atoms with E-state index in [4.69, 9.17) is 9.84 Å². The fourth-order valence-electron chi connectivity index (χ4n) is 2.61. The number of amides is 1. The van der Waals surface area contributed by atoms with Gasteiger partial charge in [0, 0.05) is 12.1 Å². The Labute approximate surface area is 162 Å². The fraction of sp³-hybridized carbons (Fsp3) is 0.632. The lowest BCUT2D eigenvalue weighted by molar-refractivity contribution is 0.180. The van der Waals surface area contributed by atoms with Crippen LogP contribution in [-0.2, 0) is 10.0 Å². The number of sulfonamides is 1. The van der Waals surface area contributed by atoms with Crippen LogP contribution in [0.1, 0.15) is 59.3 Å².